The standard InChI is InChI=1S/C14H13ClF6N6/c1-6(13(16,17)18)22-11-25-10(8-4-3-5-9(15)24-8)26-12(27-11)23-7(2)14(19,20)21/h3-7H,1-2H3,(H2,22,23,25,26,27)/t6-,7-/m1/s1/i1D3,4D,6D,7D. The molecule has 0 aliphatic rings. The third kappa shape index (κ3) is 5.81. The van der Waals surface area contributed by atoms with E-state index in [2.05, 4.69) is 19.9 Å². The van der Waals surface area contributed by atoms with Gasteiger partial charge in [-0.25, -0.2) is 4.98 Å². The van der Waals surface area contributed by atoms with Gasteiger partial charge in [0.2, 0.25) is 11.9 Å². The molecular formula is C14H13ClF6N6. The molecule has 2 atom stereocenters. The monoisotopic (exact) mass is 420 g/mol. The zero-order valence-corrected chi connectivity index (χ0v) is 13.8. The van der Waals surface area contributed by atoms with Crippen molar-refractivity contribution < 1.29 is 34.6 Å². The van der Waals surface area contributed by atoms with E-state index >= 15 is 0 Å². The Bertz CT molecular complexity index is 1020. The fraction of sp³-hybridized carbons (Fsp3) is 0.429. The van der Waals surface area contributed by atoms with Crippen molar-refractivity contribution in [1.82, 2.24) is 19.9 Å². The van der Waals surface area contributed by atoms with E-state index in [4.69, 9.17) is 19.8 Å². The van der Waals surface area contributed by atoms with Gasteiger partial charge in [0, 0.05) is 4.11 Å². The molecule has 0 unspecified atom stereocenters. The molecule has 0 aliphatic carbocycles. The molecule has 0 aromatic carbocycles. The molecule has 2 N–H and O–H groups in total. The summed E-state index contributed by atoms with van der Waals surface area (Å²) in [6.45, 7) is -3.68. The first-order valence-electron chi connectivity index (χ1n) is 9.77. The van der Waals surface area contributed by atoms with E-state index in [1.165, 1.54) is 5.32 Å². The maximum Gasteiger partial charge on any atom is 0.408 e. The average molecular weight is 421 g/mol. The maximum absolute atomic E-state index is 13.4. The molecule has 2 rings (SSSR count). The van der Waals surface area contributed by atoms with Crippen LogP contribution in [0.15, 0.2) is 18.2 Å². The van der Waals surface area contributed by atoms with Crippen molar-refractivity contribution in [3.63, 3.8) is 0 Å². The van der Waals surface area contributed by atoms with Crippen LogP contribution >= 0.6 is 11.6 Å². The van der Waals surface area contributed by atoms with Gasteiger partial charge >= 0.3 is 12.4 Å². The highest BCUT2D eigenvalue weighted by atomic mass is 35.5. The minimum atomic E-state index is -5.72. The second-order valence-corrected chi connectivity index (χ2v) is 5.20. The molecule has 0 fully saturated rings. The number of hydrogen-bond acceptors (Lipinski definition) is 6. The number of anilines is 2. The summed E-state index contributed by atoms with van der Waals surface area (Å²) in [6, 6.07) is -6.04. The van der Waals surface area contributed by atoms with E-state index in [0.717, 1.165) is 12.1 Å². The van der Waals surface area contributed by atoms with Gasteiger partial charge in [-0.05, 0) is 25.9 Å². The van der Waals surface area contributed by atoms with Gasteiger partial charge in [0.25, 0.3) is 0 Å². The first-order chi connectivity index (χ1) is 14.7. The molecule has 27 heavy (non-hydrogen) atoms. The highest BCUT2D eigenvalue weighted by Crippen LogP contribution is 2.26. The van der Waals surface area contributed by atoms with E-state index < -0.39 is 60.7 Å². The van der Waals surface area contributed by atoms with Crippen LogP contribution in [-0.4, -0.2) is 44.3 Å². The van der Waals surface area contributed by atoms with Gasteiger partial charge in [0.1, 0.15) is 22.9 Å². The number of nitrogens with one attached hydrogen (secondary N) is 2. The molecule has 2 aromatic heterocycles. The van der Waals surface area contributed by atoms with E-state index in [-0.39, 0.29) is 5.15 Å². The van der Waals surface area contributed by atoms with Crippen LogP contribution in [-0.2, 0) is 0 Å². The molecule has 0 saturated heterocycles. The SMILES string of the molecule is [2H]c1ccc(Cl)nc1-c1nc(N[C@]([2H])(C([2H])([2H])[2H])C(F)(F)F)nc(N[C@]([2H])(C)C(F)(F)F)n1. The van der Waals surface area contributed by atoms with Gasteiger partial charge in [-0.15, -0.1) is 0 Å². The molecule has 6 nitrogen and oxygen atoms in total. The minimum Gasteiger partial charge on any atom is -0.343 e. The number of aromatic nitrogens is 4. The highest BCUT2D eigenvalue weighted by Gasteiger charge is 2.38. The molecule has 2 aromatic rings. The van der Waals surface area contributed by atoms with Gasteiger partial charge in [0.05, 0.1) is 4.11 Å². The second kappa shape index (κ2) is 7.71. The van der Waals surface area contributed by atoms with Gasteiger partial charge in [-0.2, -0.15) is 41.3 Å². The Balaban J connectivity index is 2.71. The second-order valence-electron chi connectivity index (χ2n) is 4.81. The summed E-state index contributed by atoms with van der Waals surface area (Å²) in [7, 11) is 0. The quantitative estimate of drug-likeness (QED) is 0.554. The summed E-state index contributed by atoms with van der Waals surface area (Å²) in [5.41, 5.74) is -0.508. The van der Waals surface area contributed by atoms with E-state index in [0.29, 0.717) is 6.92 Å². The molecule has 148 valence electrons. The summed E-state index contributed by atoms with van der Waals surface area (Å²) >= 11 is 5.71. The summed E-state index contributed by atoms with van der Waals surface area (Å²) in [5, 5.41) is 2.56. The Kier molecular flexibility index (Phi) is 3.92. The fourth-order valence-corrected chi connectivity index (χ4v) is 1.64. The summed E-state index contributed by atoms with van der Waals surface area (Å²) in [5.74, 6) is -3.19. The lowest BCUT2D eigenvalue weighted by Gasteiger charge is -2.20. The summed E-state index contributed by atoms with van der Waals surface area (Å²) < 4.78 is 123. The zero-order valence-electron chi connectivity index (χ0n) is 19.1. The van der Waals surface area contributed by atoms with Gasteiger partial charge in [-0.3, -0.25) is 0 Å². The smallest absolute Gasteiger partial charge is 0.343 e. The van der Waals surface area contributed by atoms with Gasteiger partial charge < -0.3 is 10.6 Å². The van der Waals surface area contributed by atoms with E-state index in [9.17, 15) is 26.3 Å². The lowest BCUT2D eigenvalue weighted by Crippen LogP contribution is -2.35. The molecule has 0 radical (unpaired) electrons. The Morgan fingerprint density at radius 1 is 1.04 bits per heavy atom. The number of pyridine rings is 1. The van der Waals surface area contributed by atoms with Crippen LogP contribution in [0.25, 0.3) is 11.5 Å². The van der Waals surface area contributed by atoms with Crippen LogP contribution in [0.5, 0.6) is 0 Å². The number of hydrogen-bond donors (Lipinski definition) is 2. The molecule has 2 heterocycles. The Labute approximate surface area is 162 Å². The summed E-state index contributed by atoms with van der Waals surface area (Å²) in [4.78, 5) is 14.0. The van der Waals surface area contributed by atoms with Crippen molar-refractivity contribution in [3.05, 3.63) is 23.3 Å². The predicted molar refractivity (Wildman–Crippen MR) is 86.3 cm³/mol. The molecule has 0 bridgehead atoms. The van der Waals surface area contributed by atoms with E-state index in [1.807, 2.05) is 0 Å². The third-order valence-electron chi connectivity index (χ3n) is 2.75. The van der Waals surface area contributed by atoms with Crippen molar-refractivity contribution >= 4 is 23.5 Å². The minimum absolute atomic E-state index is 0.237. The molecule has 13 heteroatoms. The fourth-order valence-electron chi connectivity index (χ4n) is 1.50. The van der Waals surface area contributed by atoms with Crippen LogP contribution in [0.2, 0.25) is 5.15 Å². The van der Waals surface area contributed by atoms with Crippen LogP contribution in [0.3, 0.4) is 0 Å². The third-order valence-corrected chi connectivity index (χ3v) is 2.96. The number of alkyl halides is 6. The van der Waals surface area contributed by atoms with Gasteiger partial charge in [-0.1, -0.05) is 17.7 Å². The van der Waals surface area contributed by atoms with Crippen LogP contribution in [0, 0.1) is 0 Å². The molecule has 0 saturated carbocycles. The summed E-state index contributed by atoms with van der Waals surface area (Å²) in [6.07, 6.45) is -10.9. The molecule has 0 aliphatic heterocycles. The number of nitrogens with zero attached hydrogens (tertiary/aromatic N) is 4. The van der Waals surface area contributed by atoms with Crippen LogP contribution in [0.1, 0.15) is 22.0 Å². The zero-order chi connectivity index (χ0) is 25.6. The van der Waals surface area contributed by atoms with Crippen LogP contribution < -0.4 is 10.6 Å². The largest absolute Gasteiger partial charge is 0.408 e. The van der Waals surface area contributed by atoms with E-state index in [1.54, 1.807) is 5.32 Å². The molecule has 0 spiro atoms. The highest BCUT2D eigenvalue weighted by molar-refractivity contribution is 6.29. The van der Waals surface area contributed by atoms with Crippen molar-refractivity contribution in [2.24, 2.45) is 0 Å². The lowest BCUT2D eigenvalue weighted by molar-refractivity contribution is -0.139. The Morgan fingerprint density at radius 2 is 1.59 bits per heavy atom. The first-order valence-corrected chi connectivity index (χ1v) is 7.15. The normalized spacial score (nSPS) is 20.6. The topological polar surface area (TPSA) is 75.6 Å². The molecular weight excluding hydrogens is 402 g/mol. The number of rotatable bonds is 5. The van der Waals surface area contributed by atoms with Crippen molar-refractivity contribution in [3.8, 4) is 11.5 Å². The molecule has 0 amide bonds. The van der Waals surface area contributed by atoms with Crippen molar-refractivity contribution in [2.75, 3.05) is 10.6 Å². The first kappa shape index (κ1) is 13.7. The van der Waals surface area contributed by atoms with Crippen molar-refractivity contribution in [1.29, 1.82) is 0 Å². The lowest BCUT2D eigenvalue weighted by atomic mass is 10.3. The predicted octanol–water partition coefficient (Wildman–Crippen LogP) is 4.31. The number of halogens is 7. The van der Waals surface area contributed by atoms with Crippen LogP contribution in [0.4, 0.5) is 38.2 Å². The Hall–Kier alpha value is -2.37. The maximum atomic E-state index is 13.4. The van der Waals surface area contributed by atoms with Gasteiger partial charge in [0.15, 0.2) is 5.82 Å². The Morgan fingerprint density at radius 3 is 2.11 bits per heavy atom. The average Bonchev–Trinajstić information content (AvgIpc) is 2.60. The van der Waals surface area contributed by atoms with Crippen molar-refractivity contribution in [2.45, 2.75) is 38.2 Å².